The van der Waals surface area contributed by atoms with Crippen LogP contribution < -0.4 is 0 Å². The van der Waals surface area contributed by atoms with E-state index in [9.17, 15) is 9.59 Å². The van der Waals surface area contributed by atoms with Crippen LogP contribution in [0.1, 0.15) is 61.5 Å². The minimum Gasteiger partial charge on any atom is -0.342 e. The summed E-state index contributed by atoms with van der Waals surface area (Å²) in [6, 6.07) is 9.86. The number of hydrogen-bond acceptors (Lipinski definition) is 3. The van der Waals surface area contributed by atoms with Gasteiger partial charge in [-0.2, -0.15) is 5.10 Å². The van der Waals surface area contributed by atoms with Crippen molar-refractivity contribution in [3.63, 3.8) is 0 Å². The standard InChI is InChI=1S/C25H34N4O2/c1-19(24(30)27-14-8-3-4-9-15-27)21-12-16-28(17-13-21)25(31)23-18-29(26-20(23)2)22-10-6-5-7-11-22/h5-7,10-11,18-19,21H,3-4,8-9,12-17H2,1-2H3. The zero-order chi connectivity index (χ0) is 21.8. The van der Waals surface area contributed by atoms with Gasteiger partial charge in [-0.3, -0.25) is 9.59 Å². The molecule has 1 atom stereocenters. The summed E-state index contributed by atoms with van der Waals surface area (Å²) in [4.78, 5) is 30.2. The van der Waals surface area contributed by atoms with E-state index < -0.39 is 0 Å². The van der Waals surface area contributed by atoms with E-state index >= 15 is 0 Å². The Morgan fingerprint density at radius 2 is 1.58 bits per heavy atom. The van der Waals surface area contributed by atoms with E-state index in [1.165, 1.54) is 12.8 Å². The molecule has 2 aromatic rings. The van der Waals surface area contributed by atoms with E-state index in [0.29, 0.717) is 30.5 Å². The summed E-state index contributed by atoms with van der Waals surface area (Å²) in [5.41, 5.74) is 2.36. The number of likely N-dealkylation sites (tertiary alicyclic amines) is 2. The molecule has 1 aromatic carbocycles. The van der Waals surface area contributed by atoms with Crippen molar-refractivity contribution in [2.75, 3.05) is 26.2 Å². The molecule has 6 heteroatoms. The largest absolute Gasteiger partial charge is 0.342 e. The number of hydrogen-bond donors (Lipinski definition) is 0. The lowest BCUT2D eigenvalue weighted by Crippen LogP contribution is -2.44. The quantitative estimate of drug-likeness (QED) is 0.746. The summed E-state index contributed by atoms with van der Waals surface area (Å²) in [5.74, 6) is 0.752. The van der Waals surface area contributed by atoms with Gasteiger partial charge < -0.3 is 9.80 Å². The van der Waals surface area contributed by atoms with Gasteiger partial charge in [-0.1, -0.05) is 38.0 Å². The molecule has 2 amide bonds. The molecule has 0 aliphatic carbocycles. The number of carbonyl (C=O) groups excluding carboxylic acids is 2. The van der Waals surface area contributed by atoms with Crippen LogP contribution in [0.5, 0.6) is 0 Å². The van der Waals surface area contributed by atoms with Crippen LogP contribution in [0.15, 0.2) is 36.5 Å². The van der Waals surface area contributed by atoms with Gasteiger partial charge in [0.2, 0.25) is 5.91 Å². The van der Waals surface area contributed by atoms with E-state index in [-0.39, 0.29) is 11.8 Å². The molecule has 0 saturated carbocycles. The van der Waals surface area contributed by atoms with Crippen LogP contribution in [0.2, 0.25) is 0 Å². The molecule has 0 spiro atoms. The average Bonchev–Trinajstić information content (AvgIpc) is 3.01. The molecular formula is C25H34N4O2. The zero-order valence-electron chi connectivity index (χ0n) is 18.8. The van der Waals surface area contributed by atoms with Crippen LogP contribution in [0.25, 0.3) is 5.69 Å². The number of aromatic nitrogens is 2. The molecule has 4 rings (SSSR count). The van der Waals surface area contributed by atoms with Gasteiger partial charge in [-0.05, 0) is 50.7 Å². The van der Waals surface area contributed by atoms with E-state index in [0.717, 1.165) is 50.2 Å². The molecule has 3 heterocycles. The Morgan fingerprint density at radius 1 is 0.935 bits per heavy atom. The SMILES string of the molecule is Cc1nn(-c2ccccc2)cc1C(=O)N1CCC(C(C)C(=O)N2CCCCCC2)CC1. The van der Waals surface area contributed by atoms with Gasteiger partial charge in [-0.25, -0.2) is 4.68 Å². The fraction of sp³-hybridized carbons (Fsp3) is 0.560. The predicted molar refractivity (Wildman–Crippen MR) is 121 cm³/mol. The summed E-state index contributed by atoms with van der Waals surface area (Å²) in [7, 11) is 0. The van der Waals surface area contributed by atoms with Crippen molar-refractivity contribution in [1.82, 2.24) is 19.6 Å². The minimum atomic E-state index is 0.0397. The number of piperidine rings is 1. The van der Waals surface area contributed by atoms with E-state index in [1.807, 2.05) is 48.4 Å². The Hall–Kier alpha value is -2.63. The molecule has 0 bridgehead atoms. The summed E-state index contributed by atoms with van der Waals surface area (Å²) in [5, 5.41) is 4.54. The monoisotopic (exact) mass is 422 g/mol. The van der Waals surface area contributed by atoms with Gasteiger partial charge in [0.15, 0.2) is 0 Å². The molecule has 1 unspecified atom stereocenters. The summed E-state index contributed by atoms with van der Waals surface area (Å²) < 4.78 is 1.78. The van der Waals surface area contributed by atoms with Crippen LogP contribution in [0.4, 0.5) is 0 Å². The molecule has 2 aliphatic heterocycles. The van der Waals surface area contributed by atoms with Crippen LogP contribution in [-0.4, -0.2) is 57.6 Å². The van der Waals surface area contributed by atoms with Crippen molar-refractivity contribution in [1.29, 1.82) is 0 Å². The smallest absolute Gasteiger partial charge is 0.257 e. The number of benzene rings is 1. The first-order chi connectivity index (χ1) is 15.0. The summed E-state index contributed by atoms with van der Waals surface area (Å²) in [6.07, 6.45) is 8.34. The van der Waals surface area contributed by atoms with Crippen molar-refractivity contribution in [3.8, 4) is 5.69 Å². The number of amides is 2. The number of carbonyl (C=O) groups is 2. The Morgan fingerprint density at radius 3 is 2.23 bits per heavy atom. The molecular weight excluding hydrogens is 388 g/mol. The van der Waals surface area contributed by atoms with Gasteiger partial charge in [-0.15, -0.1) is 0 Å². The highest BCUT2D eigenvalue weighted by atomic mass is 16.2. The highest BCUT2D eigenvalue weighted by molar-refractivity contribution is 5.95. The second-order valence-corrected chi connectivity index (χ2v) is 9.07. The van der Waals surface area contributed by atoms with Gasteiger partial charge in [0.1, 0.15) is 0 Å². The molecule has 2 fully saturated rings. The molecule has 2 saturated heterocycles. The second kappa shape index (κ2) is 9.67. The first kappa shape index (κ1) is 21.6. The Balaban J connectivity index is 1.36. The lowest BCUT2D eigenvalue weighted by Gasteiger charge is -2.36. The maximum absolute atomic E-state index is 13.2. The molecule has 1 aromatic heterocycles. The third-order valence-electron chi connectivity index (χ3n) is 6.99. The maximum Gasteiger partial charge on any atom is 0.257 e. The first-order valence-electron chi connectivity index (χ1n) is 11.7. The maximum atomic E-state index is 13.2. The van der Waals surface area contributed by atoms with Crippen LogP contribution in [0, 0.1) is 18.8 Å². The highest BCUT2D eigenvalue weighted by Gasteiger charge is 2.33. The topological polar surface area (TPSA) is 58.4 Å². The first-order valence-corrected chi connectivity index (χ1v) is 11.7. The number of nitrogens with zero attached hydrogens (tertiary/aromatic N) is 4. The fourth-order valence-electron chi connectivity index (χ4n) is 4.94. The van der Waals surface area contributed by atoms with Gasteiger partial charge in [0.05, 0.1) is 16.9 Å². The van der Waals surface area contributed by atoms with Crippen LogP contribution >= 0.6 is 0 Å². The molecule has 0 N–H and O–H groups in total. The van der Waals surface area contributed by atoms with Crippen molar-refractivity contribution in [3.05, 3.63) is 47.8 Å². The molecule has 6 nitrogen and oxygen atoms in total. The lowest BCUT2D eigenvalue weighted by atomic mass is 9.84. The normalized spacial score (nSPS) is 19.2. The number of para-hydroxylation sites is 1. The Kier molecular flexibility index (Phi) is 6.73. The van der Waals surface area contributed by atoms with Crippen LogP contribution in [-0.2, 0) is 4.79 Å². The zero-order valence-corrected chi connectivity index (χ0v) is 18.8. The minimum absolute atomic E-state index is 0.0397. The van der Waals surface area contributed by atoms with Crippen molar-refractivity contribution in [2.24, 2.45) is 11.8 Å². The fourth-order valence-corrected chi connectivity index (χ4v) is 4.94. The van der Waals surface area contributed by atoms with E-state index in [4.69, 9.17) is 0 Å². The lowest BCUT2D eigenvalue weighted by molar-refractivity contribution is -0.137. The predicted octanol–water partition coefficient (Wildman–Crippen LogP) is 4.07. The van der Waals surface area contributed by atoms with Crippen molar-refractivity contribution in [2.45, 2.75) is 52.4 Å². The molecule has 31 heavy (non-hydrogen) atoms. The van der Waals surface area contributed by atoms with Crippen LogP contribution in [0.3, 0.4) is 0 Å². The van der Waals surface area contributed by atoms with Gasteiger partial charge in [0.25, 0.3) is 5.91 Å². The Bertz CT molecular complexity index is 892. The summed E-state index contributed by atoms with van der Waals surface area (Å²) >= 11 is 0. The molecule has 2 aliphatic rings. The molecule has 0 radical (unpaired) electrons. The average molecular weight is 423 g/mol. The summed E-state index contributed by atoms with van der Waals surface area (Å²) in [6.45, 7) is 7.20. The van der Waals surface area contributed by atoms with Crippen molar-refractivity contribution >= 4 is 11.8 Å². The number of aryl methyl sites for hydroxylation is 1. The van der Waals surface area contributed by atoms with Gasteiger partial charge >= 0.3 is 0 Å². The highest BCUT2D eigenvalue weighted by Crippen LogP contribution is 2.28. The Labute approximate surface area is 185 Å². The number of rotatable bonds is 4. The van der Waals surface area contributed by atoms with Crippen molar-refractivity contribution < 1.29 is 9.59 Å². The van der Waals surface area contributed by atoms with E-state index in [1.54, 1.807) is 4.68 Å². The van der Waals surface area contributed by atoms with Gasteiger partial charge in [0, 0.05) is 38.3 Å². The molecule has 166 valence electrons. The second-order valence-electron chi connectivity index (χ2n) is 9.07. The van der Waals surface area contributed by atoms with E-state index in [2.05, 4.69) is 16.9 Å². The third kappa shape index (κ3) is 4.83. The third-order valence-corrected chi connectivity index (χ3v) is 6.99.